The van der Waals surface area contributed by atoms with Gasteiger partial charge >= 0.3 is 0 Å². The molecule has 0 aliphatic carbocycles. The average Bonchev–Trinajstić information content (AvgIpc) is 2.25. The van der Waals surface area contributed by atoms with Crippen molar-refractivity contribution in [3.8, 4) is 0 Å². The molecule has 0 atom stereocenters. The Balaban J connectivity index is 2.66. The summed E-state index contributed by atoms with van der Waals surface area (Å²) in [5.41, 5.74) is 2.17. The lowest BCUT2D eigenvalue weighted by molar-refractivity contribution is 0.0935. The first kappa shape index (κ1) is 7.41. The van der Waals surface area contributed by atoms with E-state index in [9.17, 15) is 0 Å². The summed E-state index contributed by atoms with van der Waals surface area (Å²) in [6.07, 6.45) is 0. The Hall–Kier alpha value is -1.24. The predicted molar refractivity (Wildman–Crippen MR) is 49.6 cm³/mol. The molecule has 1 aliphatic rings. The van der Waals surface area contributed by atoms with Crippen LogP contribution in [0.15, 0.2) is 30.8 Å². The van der Waals surface area contributed by atoms with Crippen LogP contribution in [-0.2, 0) is 10.3 Å². The summed E-state index contributed by atoms with van der Waals surface area (Å²) in [6.45, 7) is 7.99. The monoisotopic (exact) mass is 160 g/mol. The van der Waals surface area contributed by atoms with Crippen molar-refractivity contribution < 1.29 is 4.74 Å². The molecule has 2 rings (SSSR count). The fourth-order valence-corrected chi connectivity index (χ4v) is 1.67. The van der Waals surface area contributed by atoms with Gasteiger partial charge in [-0.15, -0.1) is 0 Å². The van der Waals surface area contributed by atoms with Gasteiger partial charge in [0.15, 0.2) is 0 Å². The van der Waals surface area contributed by atoms with Crippen LogP contribution in [0.5, 0.6) is 0 Å². The van der Waals surface area contributed by atoms with Gasteiger partial charge in [-0.3, -0.25) is 0 Å². The lowest BCUT2D eigenvalue weighted by atomic mass is 9.96. The standard InChI is InChI=1S/C11H12O/c1-8-9-6-4-5-7-10(9)11(2,3)12-8/h4-7H,1H2,2-3H3. The molecule has 1 aliphatic heterocycles. The van der Waals surface area contributed by atoms with Crippen LogP contribution in [0.25, 0.3) is 5.76 Å². The van der Waals surface area contributed by atoms with Gasteiger partial charge in [0.25, 0.3) is 0 Å². The SMILES string of the molecule is C=C1OC(C)(C)c2ccccc21. The Morgan fingerprint density at radius 1 is 1.25 bits per heavy atom. The molecule has 0 unspecified atom stereocenters. The highest BCUT2D eigenvalue weighted by Gasteiger charge is 2.33. The Bertz CT molecular complexity index is 337. The number of rotatable bonds is 0. The summed E-state index contributed by atoms with van der Waals surface area (Å²) in [7, 11) is 0. The number of hydrogen-bond donors (Lipinski definition) is 0. The zero-order valence-corrected chi connectivity index (χ0v) is 7.42. The summed E-state index contributed by atoms with van der Waals surface area (Å²) in [5.74, 6) is 0.788. The third kappa shape index (κ3) is 0.860. The van der Waals surface area contributed by atoms with Crippen LogP contribution in [0, 0.1) is 0 Å². The van der Waals surface area contributed by atoms with Crippen molar-refractivity contribution in [3.63, 3.8) is 0 Å². The topological polar surface area (TPSA) is 9.23 Å². The van der Waals surface area contributed by atoms with Gasteiger partial charge < -0.3 is 4.74 Å². The van der Waals surface area contributed by atoms with Crippen molar-refractivity contribution in [3.05, 3.63) is 42.0 Å². The average molecular weight is 160 g/mol. The maximum Gasteiger partial charge on any atom is 0.129 e. The molecule has 1 aromatic rings. The number of fused-ring (bicyclic) bond motifs is 1. The molecule has 1 heteroatoms. The predicted octanol–water partition coefficient (Wildman–Crippen LogP) is 2.92. The fourth-order valence-electron chi connectivity index (χ4n) is 1.67. The second-order valence-electron chi connectivity index (χ2n) is 3.58. The molecule has 0 spiro atoms. The molecule has 0 aromatic heterocycles. The van der Waals surface area contributed by atoms with Crippen molar-refractivity contribution in [2.75, 3.05) is 0 Å². The largest absolute Gasteiger partial charge is 0.483 e. The van der Waals surface area contributed by atoms with Crippen LogP contribution < -0.4 is 0 Å². The van der Waals surface area contributed by atoms with E-state index in [1.54, 1.807) is 0 Å². The molecular formula is C11H12O. The van der Waals surface area contributed by atoms with Gasteiger partial charge in [-0.05, 0) is 13.8 Å². The Kier molecular flexibility index (Phi) is 1.31. The molecule has 1 aromatic carbocycles. The summed E-state index contributed by atoms with van der Waals surface area (Å²) < 4.78 is 5.62. The van der Waals surface area contributed by atoms with Gasteiger partial charge in [-0.2, -0.15) is 0 Å². The highest BCUT2D eigenvalue weighted by molar-refractivity contribution is 5.66. The Morgan fingerprint density at radius 3 is 2.58 bits per heavy atom. The van der Waals surface area contributed by atoms with Crippen molar-refractivity contribution in [2.45, 2.75) is 19.4 Å². The van der Waals surface area contributed by atoms with Crippen LogP contribution in [0.2, 0.25) is 0 Å². The molecule has 62 valence electrons. The highest BCUT2D eigenvalue weighted by atomic mass is 16.5. The Labute approximate surface area is 72.7 Å². The molecular weight excluding hydrogens is 148 g/mol. The van der Waals surface area contributed by atoms with Gasteiger partial charge in [0.2, 0.25) is 0 Å². The third-order valence-electron chi connectivity index (χ3n) is 2.25. The Morgan fingerprint density at radius 2 is 1.92 bits per heavy atom. The molecule has 12 heavy (non-hydrogen) atoms. The lowest BCUT2D eigenvalue weighted by Gasteiger charge is -2.18. The smallest absolute Gasteiger partial charge is 0.129 e. The molecule has 0 N–H and O–H groups in total. The normalized spacial score (nSPS) is 18.7. The first-order valence-corrected chi connectivity index (χ1v) is 4.09. The maximum absolute atomic E-state index is 5.62. The molecule has 0 bridgehead atoms. The zero-order valence-electron chi connectivity index (χ0n) is 7.42. The van der Waals surface area contributed by atoms with E-state index < -0.39 is 0 Å². The lowest BCUT2D eigenvalue weighted by Crippen LogP contribution is -2.13. The highest BCUT2D eigenvalue weighted by Crippen LogP contribution is 2.41. The first-order chi connectivity index (χ1) is 5.61. The summed E-state index contributed by atoms with van der Waals surface area (Å²) in [6, 6.07) is 8.18. The van der Waals surface area contributed by atoms with Crippen LogP contribution >= 0.6 is 0 Å². The summed E-state index contributed by atoms with van der Waals surface area (Å²) >= 11 is 0. The second kappa shape index (κ2) is 2.13. The molecule has 1 nitrogen and oxygen atoms in total. The molecule has 0 radical (unpaired) electrons. The van der Waals surface area contributed by atoms with E-state index in [4.69, 9.17) is 4.74 Å². The van der Waals surface area contributed by atoms with E-state index in [1.165, 1.54) is 5.56 Å². The van der Waals surface area contributed by atoms with Crippen molar-refractivity contribution in [1.82, 2.24) is 0 Å². The van der Waals surface area contributed by atoms with E-state index >= 15 is 0 Å². The van der Waals surface area contributed by atoms with Gasteiger partial charge in [-0.1, -0.05) is 30.8 Å². The third-order valence-corrected chi connectivity index (χ3v) is 2.25. The van der Waals surface area contributed by atoms with Crippen LogP contribution in [0.3, 0.4) is 0 Å². The molecule has 0 fully saturated rings. The summed E-state index contributed by atoms with van der Waals surface area (Å²) in [4.78, 5) is 0. The van der Waals surface area contributed by atoms with Crippen LogP contribution in [0.1, 0.15) is 25.0 Å². The minimum absolute atomic E-state index is 0.201. The minimum atomic E-state index is -0.201. The quantitative estimate of drug-likeness (QED) is 0.567. The second-order valence-corrected chi connectivity index (χ2v) is 3.58. The van der Waals surface area contributed by atoms with E-state index in [-0.39, 0.29) is 5.60 Å². The van der Waals surface area contributed by atoms with Crippen molar-refractivity contribution >= 4 is 5.76 Å². The van der Waals surface area contributed by atoms with Gasteiger partial charge in [0, 0.05) is 11.1 Å². The zero-order chi connectivity index (χ0) is 8.77. The van der Waals surface area contributed by atoms with Crippen LogP contribution in [-0.4, -0.2) is 0 Å². The molecule has 1 heterocycles. The first-order valence-electron chi connectivity index (χ1n) is 4.09. The number of benzene rings is 1. The van der Waals surface area contributed by atoms with Gasteiger partial charge in [-0.25, -0.2) is 0 Å². The van der Waals surface area contributed by atoms with Crippen molar-refractivity contribution in [1.29, 1.82) is 0 Å². The molecule has 0 saturated carbocycles. The minimum Gasteiger partial charge on any atom is -0.483 e. The summed E-state index contributed by atoms with van der Waals surface area (Å²) in [5, 5.41) is 0. The maximum atomic E-state index is 5.62. The van der Waals surface area contributed by atoms with E-state index in [2.05, 4.69) is 26.5 Å². The van der Waals surface area contributed by atoms with Crippen molar-refractivity contribution in [2.24, 2.45) is 0 Å². The number of hydrogen-bond acceptors (Lipinski definition) is 1. The van der Waals surface area contributed by atoms with E-state index in [0.29, 0.717) is 0 Å². The molecule has 0 amide bonds. The molecule has 0 saturated heterocycles. The van der Waals surface area contributed by atoms with Crippen LogP contribution in [0.4, 0.5) is 0 Å². The van der Waals surface area contributed by atoms with Gasteiger partial charge in [0.05, 0.1) is 0 Å². The number of ether oxygens (including phenoxy) is 1. The van der Waals surface area contributed by atoms with E-state index in [1.807, 2.05) is 18.2 Å². The van der Waals surface area contributed by atoms with Gasteiger partial charge in [0.1, 0.15) is 11.4 Å². The fraction of sp³-hybridized carbons (Fsp3) is 0.273. The van der Waals surface area contributed by atoms with E-state index in [0.717, 1.165) is 11.3 Å².